The number of fused-ring (bicyclic) bond motifs is 1. The number of rotatable bonds is 3. The highest BCUT2D eigenvalue weighted by atomic mass is 35.5. The van der Waals surface area contributed by atoms with Gasteiger partial charge in [0.15, 0.2) is 0 Å². The highest BCUT2D eigenvalue weighted by molar-refractivity contribution is 6.36. The molecule has 198 valence electrons. The van der Waals surface area contributed by atoms with Crippen LogP contribution in [-0.2, 0) is 4.79 Å². The predicted octanol–water partition coefficient (Wildman–Crippen LogP) is 5.49. The van der Waals surface area contributed by atoms with E-state index in [1.807, 2.05) is 6.07 Å². The van der Waals surface area contributed by atoms with Crippen LogP contribution in [0.1, 0.15) is 27.4 Å². The molecule has 10 heteroatoms. The predicted molar refractivity (Wildman–Crippen MR) is 151 cm³/mol. The number of anilines is 1. The number of carbonyl (C=O) groups is 3. The highest BCUT2D eigenvalue weighted by Gasteiger charge is 2.65. The van der Waals surface area contributed by atoms with E-state index in [0.29, 0.717) is 11.1 Å². The molecule has 0 N–H and O–H groups in total. The van der Waals surface area contributed by atoms with Gasteiger partial charge in [-0.15, -0.1) is 0 Å². The Morgan fingerprint density at radius 3 is 2.45 bits per heavy atom. The van der Waals surface area contributed by atoms with Crippen molar-refractivity contribution < 1.29 is 14.4 Å². The molecule has 3 heterocycles. The molecule has 4 aromatic rings. The summed E-state index contributed by atoms with van der Waals surface area (Å²) in [4.78, 5) is 50.3. The first-order valence-electron chi connectivity index (χ1n) is 12.5. The largest absolute Gasteiger partial charge is 0.335 e. The van der Waals surface area contributed by atoms with Gasteiger partial charge in [-0.2, -0.15) is 5.26 Å². The first-order chi connectivity index (χ1) is 19.2. The lowest BCUT2D eigenvalue weighted by atomic mass is 9.80. The van der Waals surface area contributed by atoms with Gasteiger partial charge >= 0.3 is 6.03 Å². The number of nitrogens with zero attached hydrogens (tertiary/aromatic N) is 5. The van der Waals surface area contributed by atoms with Crippen molar-refractivity contribution in [1.82, 2.24) is 14.8 Å². The maximum Gasteiger partial charge on any atom is 0.332 e. The average molecular weight is 570 g/mol. The number of hydrogen-bond acceptors (Lipinski definition) is 5. The van der Waals surface area contributed by atoms with E-state index in [1.54, 1.807) is 66.7 Å². The van der Waals surface area contributed by atoms with Gasteiger partial charge in [-0.3, -0.25) is 14.6 Å². The zero-order chi connectivity index (χ0) is 28.2. The van der Waals surface area contributed by atoms with E-state index < -0.39 is 23.4 Å². The fourth-order valence-electron chi connectivity index (χ4n) is 5.75. The lowest BCUT2D eigenvalue weighted by Crippen LogP contribution is -2.54. The van der Waals surface area contributed by atoms with Gasteiger partial charge in [0.25, 0.3) is 11.8 Å². The Balaban J connectivity index is 1.44. The zero-order valence-electron chi connectivity index (χ0n) is 21.2. The summed E-state index contributed by atoms with van der Waals surface area (Å²) in [5, 5.41) is 10.7. The number of imide groups is 1. The van der Waals surface area contributed by atoms with Crippen LogP contribution in [-0.4, -0.2) is 58.3 Å². The molecule has 0 aliphatic carbocycles. The van der Waals surface area contributed by atoms with E-state index in [4.69, 9.17) is 23.2 Å². The van der Waals surface area contributed by atoms with Crippen LogP contribution < -0.4 is 4.90 Å². The molecular weight excluding hydrogens is 549 g/mol. The monoisotopic (exact) mass is 569 g/mol. The number of benzene rings is 3. The molecule has 8 nitrogen and oxygen atoms in total. The standard InChI is InChI=1S/C30H21Cl2N5O3/c1-35-29(40)37(24-13-22(31)12-23(32)14-24)28(39)30(35)17-36(16-25(30)19-6-4-18(15-33)5-7-19)27(38)21-8-9-26-20(11-21)3-2-10-34-26/h2-14,25H,16-17H2,1H3/t25-,30+/m0/s1. The quantitative estimate of drug-likeness (QED) is 0.304. The Morgan fingerprint density at radius 1 is 1.02 bits per heavy atom. The fourth-order valence-corrected chi connectivity index (χ4v) is 6.27. The molecule has 6 rings (SSSR count). The number of hydrogen-bond donors (Lipinski definition) is 0. The second-order valence-electron chi connectivity index (χ2n) is 9.92. The summed E-state index contributed by atoms with van der Waals surface area (Å²) < 4.78 is 0. The van der Waals surface area contributed by atoms with Gasteiger partial charge in [0.05, 0.1) is 29.4 Å². The maximum absolute atomic E-state index is 14.3. The number of urea groups is 1. The minimum Gasteiger partial charge on any atom is -0.335 e. The Hall–Kier alpha value is -4.45. The van der Waals surface area contributed by atoms with Gasteiger partial charge in [-0.1, -0.05) is 41.4 Å². The van der Waals surface area contributed by atoms with Crippen LogP contribution in [0.25, 0.3) is 10.9 Å². The molecule has 40 heavy (non-hydrogen) atoms. The molecule has 2 saturated heterocycles. The number of halogens is 2. The fraction of sp³-hybridized carbons (Fsp3) is 0.167. The van der Waals surface area contributed by atoms with Crippen molar-refractivity contribution in [2.45, 2.75) is 11.5 Å². The van der Waals surface area contributed by atoms with E-state index in [1.165, 1.54) is 23.1 Å². The van der Waals surface area contributed by atoms with Crippen LogP contribution in [0.5, 0.6) is 0 Å². The van der Waals surface area contributed by atoms with Crippen molar-refractivity contribution >= 4 is 57.6 Å². The number of likely N-dealkylation sites (N-methyl/N-ethyl adjacent to an activating group) is 1. The molecule has 2 aliphatic rings. The Bertz CT molecular complexity index is 1730. The Kier molecular flexibility index (Phi) is 6.21. The third-order valence-electron chi connectivity index (χ3n) is 7.75. The maximum atomic E-state index is 14.3. The number of carbonyl (C=O) groups excluding carboxylic acids is 3. The zero-order valence-corrected chi connectivity index (χ0v) is 22.7. The van der Waals surface area contributed by atoms with Crippen LogP contribution >= 0.6 is 23.2 Å². The second kappa shape index (κ2) is 9.63. The molecule has 2 atom stereocenters. The molecule has 2 aliphatic heterocycles. The molecule has 0 radical (unpaired) electrons. The minimum atomic E-state index is -1.39. The van der Waals surface area contributed by atoms with Gasteiger partial charge in [-0.25, -0.2) is 9.69 Å². The van der Waals surface area contributed by atoms with Crippen molar-refractivity contribution in [3.8, 4) is 6.07 Å². The molecule has 0 unspecified atom stereocenters. The van der Waals surface area contributed by atoms with E-state index in [9.17, 15) is 19.6 Å². The lowest BCUT2D eigenvalue weighted by molar-refractivity contribution is -0.124. The number of pyridine rings is 1. The second-order valence-corrected chi connectivity index (χ2v) is 10.8. The number of nitriles is 1. The summed E-state index contributed by atoms with van der Waals surface area (Å²) >= 11 is 12.4. The Morgan fingerprint density at radius 2 is 1.75 bits per heavy atom. The average Bonchev–Trinajstić information content (AvgIpc) is 3.44. The van der Waals surface area contributed by atoms with E-state index >= 15 is 0 Å². The Labute approximate surface area is 239 Å². The molecule has 4 amide bonds. The van der Waals surface area contributed by atoms with Crippen molar-refractivity contribution in [1.29, 1.82) is 5.26 Å². The van der Waals surface area contributed by atoms with Crippen molar-refractivity contribution in [3.63, 3.8) is 0 Å². The first-order valence-corrected chi connectivity index (χ1v) is 13.2. The topological polar surface area (TPSA) is 97.6 Å². The molecule has 1 spiro atoms. The SMILES string of the molecule is CN1C(=O)N(c2cc(Cl)cc(Cl)c2)C(=O)[C@]12CN(C(=O)c1ccc3ncccc3c1)C[C@H]2c1ccc(C#N)cc1. The molecule has 1 aromatic heterocycles. The minimum absolute atomic E-state index is 0.0204. The number of aromatic nitrogens is 1. The van der Waals surface area contributed by atoms with Gasteiger partial charge in [0.2, 0.25) is 0 Å². The number of likely N-dealkylation sites (tertiary alicyclic amines) is 1. The van der Waals surface area contributed by atoms with Crippen LogP contribution in [0, 0.1) is 11.3 Å². The summed E-state index contributed by atoms with van der Waals surface area (Å²) in [6.07, 6.45) is 1.69. The first kappa shape index (κ1) is 25.8. The van der Waals surface area contributed by atoms with E-state index in [-0.39, 0.29) is 34.7 Å². The number of amides is 4. The summed E-state index contributed by atoms with van der Waals surface area (Å²) in [6, 6.07) is 21.9. The smallest absolute Gasteiger partial charge is 0.332 e. The third-order valence-corrected chi connectivity index (χ3v) is 8.18. The normalized spacial score (nSPS) is 20.6. The van der Waals surface area contributed by atoms with Gasteiger partial charge in [-0.05, 0) is 60.2 Å². The van der Waals surface area contributed by atoms with Gasteiger partial charge in [0, 0.05) is 46.7 Å². The van der Waals surface area contributed by atoms with Gasteiger partial charge < -0.3 is 9.80 Å². The molecule has 3 aromatic carbocycles. The van der Waals surface area contributed by atoms with Crippen LogP contribution in [0.4, 0.5) is 10.5 Å². The molecule has 0 saturated carbocycles. The summed E-state index contributed by atoms with van der Waals surface area (Å²) in [5.41, 5.74) is 1.27. The molecule has 0 bridgehead atoms. The van der Waals surface area contributed by atoms with Crippen LogP contribution in [0.3, 0.4) is 0 Å². The van der Waals surface area contributed by atoms with Crippen molar-refractivity contribution in [3.05, 3.63) is 106 Å². The van der Waals surface area contributed by atoms with E-state index in [0.717, 1.165) is 21.4 Å². The van der Waals surface area contributed by atoms with Crippen LogP contribution in [0.2, 0.25) is 10.0 Å². The van der Waals surface area contributed by atoms with Crippen molar-refractivity contribution in [2.24, 2.45) is 0 Å². The summed E-state index contributed by atoms with van der Waals surface area (Å²) in [7, 11) is 1.57. The lowest BCUT2D eigenvalue weighted by Gasteiger charge is -2.33. The summed E-state index contributed by atoms with van der Waals surface area (Å²) in [6.45, 7) is 0.163. The molecule has 2 fully saturated rings. The van der Waals surface area contributed by atoms with Crippen molar-refractivity contribution in [2.75, 3.05) is 25.0 Å². The van der Waals surface area contributed by atoms with Crippen LogP contribution in [0.15, 0.2) is 79.0 Å². The van der Waals surface area contributed by atoms with E-state index in [2.05, 4.69) is 11.1 Å². The summed E-state index contributed by atoms with van der Waals surface area (Å²) in [5.74, 6) is -1.31. The third kappa shape index (κ3) is 3.98. The highest BCUT2D eigenvalue weighted by Crippen LogP contribution is 2.47. The van der Waals surface area contributed by atoms with Gasteiger partial charge in [0.1, 0.15) is 5.54 Å². The molecular formula is C30H21Cl2N5O3.